The van der Waals surface area contributed by atoms with Crippen LogP contribution in [0.15, 0.2) is 18.2 Å². The Bertz CT molecular complexity index is 456. The molecule has 1 aromatic rings. The first-order valence-corrected chi connectivity index (χ1v) is 6.98. The Kier molecular flexibility index (Phi) is 4.55. The molecule has 0 amide bonds. The zero-order valence-electron chi connectivity index (χ0n) is 11.4. The van der Waals surface area contributed by atoms with E-state index in [0.717, 1.165) is 12.5 Å². The second-order valence-corrected chi connectivity index (χ2v) is 5.60. The van der Waals surface area contributed by atoms with Crippen LogP contribution in [0.4, 0.5) is 23.2 Å². The van der Waals surface area contributed by atoms with E-state index >= 15 is 0 Å². The molecule has 0 radical (unpaired) electrons. The van der Waals surface area contributed by atoms with Crippen molar-refractivity contribution >= 4 is 5.69 Å². The van der Waals surface area contributed by atoms with E-state index in [9.17, 15) is 17.6 Å². The summed E-state index contributed by atoms with van der Waals surface area (Å²) in [7, 11) is 0. The highest BCUT2D eigenvalue weighted by Crippen LogP contribution is 2.32. The standard InChI is InChI=1S/C15H19F4N/c1-10-4-2-3-5-11(10)9-20-14-7-6-12(8-13(14)16)15(17,18)19/h6-8,10-11,20H,2-5,9H2,1H3. The molecule has 0 saturated heterocycles. The minimum absolute atomic E-state index is 0.149. The first-order valence-electron chi connectivity index (χ1n) is 6.98. The van der Waals surface area contributed by atoms with Crippen molar-refractivity contribution in [2.75, 3.05) is 11.9 Å². The fraction of sp³-hybridized carbons (Fsp3) is 0.600. The van der Waals surface area contributed by atoms with Crippen LogP contribution < -0.4 is 5.32 Å². The van der Waals surface area contributed by atoms with Gasteiger partial charge in [-0.3, -0.25) is 0 Å². The Morgan fingerprint density at radius 3 is 2.50 bits per heavy atom. The molecule has 1 aliphatic rings. The largest absolute Gasteiger partial charge is 0.416 e. The summed E-state index contributed by atoms with van der Waals surface area (Å²) in [6, 6.07) is 2.63. The van der Waals surface area contributed by atoms with Gasteiger partial charge < -0.3 is 5.32 Å². The van der Waals surface area contributed by atoms with Crippen molar-refractivity contribution in [3.63, 3.8) is 0 Å². The average molecular weight is 289 g/mol. The lowest BCUT2D eigenvalue weighted by molar-refractivity contribution is -0.137. The summed E-state index contributed by atoms with van der Waals surface area (Å²) >= 11 is 0. The third-order valence-electron chi connectivity index (χ3n) is 4.14. The van der Waals surface area contributed by atoms with Crippen LogP contribution >= 0.6 is 0 Å². The summed E-state index contributed by atoms with van der Waals surface area (Å²) in [4.78, 5) is 0. The van der Waals surface area contributed by atoms with E-state index in [2.05, 4.69) is 12.2 Å². The van der Waals surface area contributed by atoms with Crippen LogP contribution in [0.3, 0.4) is 0 Å². The van der Waals surface area contributed by atoms with Gasteiger partial charge >= 0.3 is 6.18 Å². The minimum Gasteiger partial charge on any atom is -0.382 e. The Labute approximate surface area is 116 Å². The number of anilines is 1. The van der Waals surface area contributed by atoms with Crippen LogP contribution in [-0.4, -0.2) is 6.54 Å². The highest BCUT2D eigenvalue weighted by molar-refractivity contribution is 5.46. The zero-order valence-corrected chi connectivity index (χ0v) is 11.4. The molecule has 1 fully saturated rings. The molecule has 1 aromatic carbocycles. The number of hydrogen-bond acceptors (Lipinski definition) is 1. The van der Waals surface area contributed by atoms with E-state index in [0.29, 0.717) is 24.4 Å². The molecule has 20 heavy (non-hydrogen) atoms. The quantitative estimate of drug-likeness (QED) is 0.765. The number of hydrogen-bond donors (Lipinski definition) is 1. The number of nitrogens with one attached hydrogen (secondary N) is 1. The van der Waals surface area contributed by atoms with E-state index in [-0.39, 0.29) is 5.69 Å². The molecular formula is C15H19F4N. The predicted octanol–water partition coefficient (Wildman–Crippen LogP) is 5.08. The van der Waals surface area contributed by atoms with Crippen molar-refractivity contribution in [2.45, 2.75) is 38.8 Å². The summed E-state index contributed by atoms with van der Waals surface area (Å²) in [6.07, 6.45) is 0.161. The van der Waals surface area contributed by atoms with Crippen LogP contribution in [0.2, 0.25) is 0 Å². The molecule has 0 bridgehead atoms. The number of rotatable bonds is 3. The minimum atomic E-state index is -4.50. The van der Waals surface area contributed by atoms with Crippen LogP contribution in [0.25, 0.3) is 0 Å². The lowest BCUT2D eigenvalue weighted by Crippen LogP contribution is -2.24. The molecule has 1 aliphatic carbocycles. The van der Waals surface area contributed by atoms with E-state index < -0.39 is 17.6 Å². The Balaban J connectivity index is 1.99. The monoisotopic (exact) mass is 289 g/mol. The summed E-state index contributed by atoms with van der Waals surface area (Å²) in [5.41, 5.74) is -0.803. The highest BCUT2D eigenvalue weighted by Gasteiger charge is 2.31. The fourth-order valence-electron chi connectivity index (χ4n) is 2.77. The van der Waals surface area contributed by atoms with Gasteiger partial charge in [-0.25, -0.2) is 4.39 Å². The van der Waals surface area contributed by atoms with Gasteiger partial charge in [0.05, 0.1) is 11.3 Å². The molecular weight excluding hydrogens is 270 g/mol. The highest BCUT2D eigenvalue weighted by atomic mass is 19.4. The van der Waals surface area contributed by atoms with Crippen molar-refractivity contribution in [1.29, 1.82) is 0 Å². The van der Waals surface area contributed by atoms with Crippen LogP contribution in [0.5, 0.6) is 0 Å². The summed E-state index contributed by atoms with van der Waals surface area (Å²) in [5, 5.41) is 2.95. The molecule has 1 nitrogen and oxygen atoms in total. The fourth-order valence-corrected chi connectivity index (χ4v) is 2.77. The maximum atomic E-state index is 13.7. The molecule has 112 valence electrons. The van der Waals surface area contributed by atoms with Crippen molar-refractivity contribution < 1.29 is 17.6 Å². The van der Waals surface area contributed by atoms with Gasteiger partial charge in [-0.1, -0.05) is 26.2 Å². The molecule has 0 aliphatic heterocycles. The van der Waals surface area contributed by atoms with E-state index in [4.69, 9.17) is 0 Å². The first-order chi connectivity index (χ1) is 9.38. The van der Waals surface area contributed by atoms with Gasteiger partial charge in [-0.05, 0) is 36.5 Å². The van der Waals surface area contributed by atoms with E-state index in [1.165, 1.54) is 25.3 Å². The van der Waals surface area contributed by atoms with Gasteiger partial charge in [0, 0.05) is 6.54 Å². The maximum Gasteiger partial charge on any atom is 0.416 e. The summed E-state index contributed by atoms with van der Waals surface area (Å²) in [6.45, 7) is 2.79. The van der Waals surface area contributed by atoms with Gasteiger partial charge in [0.25, 0.3) is 0 Å². The van der Waals surface area contributed by atoms with Crippen LogP contribution in [0.1, 0.15) is 38.2 Å². The number of alkyl halides is 3. The smallest absolute Gasteiger partial charge is 0.382 e. The molecule has 2 rings (SSSR count). The number of benzene rings is 1. The number of halogens is 4. The van der Waals surface area contributed by atoms with Crippen LogP contribution in [0, 0.1) is 17.7 Å². The van der Waals surface area contributed by atoms with E-state index in [1.54, 1.807) is 0 Å². The lowest BCUT2D eigenvalue weighted by Gasteiger charge is -2.29. The van der Waals surface area contributed by atoms with Crippen molar-refractivity contribution in [3.8, 4) is 0 Å². The van der Waals surface area contributed by atoms with Crippen molar-refractivity contribution in [3.05, 3.63) is 29.6 Å². The SMILES string of the molecule is CC1CCCCC1CNc1ccc(C(F)(F)F)cc1F. The lowest BCUT2D eigenvalue weighted by atomic mass is 9.80. The summed E-state index contributed by atoms with van der Waals surface area (Å²) in [5.74, 6) is 0.197. The third-order valence-corrected chi connectivity index (χ3v) is 4.14. The second kappa shape index (κ2) is 6.02. The van der Waals surface area contributed by atoms with Crippen molar-refractivity contribution in [2.24, 2.45) is 11.8 Å². The molecule has 2 unspecified atom stereocenters. The van der Waals surface area contributed by atoms with Gasteiger partial charge in [0.1, 0.15) is 5.82 Å². The molecule has 2 atom stereocenters. The van der Waals surface area contributed by atoms with Gasteiger partial charge in [0.15, 0.2) is 0 Å². The topological polar surface area (TPSA) is 12.0 Å². The van der Waals surface area contributed by atoms with E-state index in [1.807, 2.05) is 0 Å². The van der Waals surface area contributed by atoms with Gasteiger partial charge in [0.2, 0.25) is 0 Å². The average Bonchev–Trinajstić information content (AvgIpc) is 2.38. The van der Waals surface area contributed by atoms with Gasteiger partial charge in [-0.15, -0.1) is 0 Å². The zero-order chi connectivity index (χ0) is 14.8. The predicted molar refractivity (Wildman–Crippen MR) is 71.0 cm³/mol. The normalized spacial score (nSPS) is 23.6. The molecule has 0 heterocycles. The van der Waals surface area contributed by atoms with Crippen molar-refractivity contribution in [1.82, 2.24) is 0 Å². The summed E-state index contributed by atoms with van der Waals surface area (Å²) < 4.78 is 51.0. The third kappa shape index (κ3) is 3.64. The Morgan fingerprint density at radius 1 is 1.20 bits per heavy atom. The molecule has 0 aromatic heterocycles. The second-order valence-electron chi connectivity index (χ2n) is 5.60. The molecule has 1 saturated carbocycles. The first kappa shape index (κ1) is 15.1. The van der Waals surface area contributed by atoms with Crippen LogP contribution in [-0.2, 0) is 6.18 Å². The maximum absolute atomic E-state index is 13.7. The molecule has 0 spiro atoms. The molecule has 5 heteroatoms. The Morgan fingerprint density at radius 2 is 1.90 bits per heavy atom. The van der Waals surface area contributed by atoms with Gasteiger partial charge in [-0.2, -0.15) is 13.2 Å². The molecule has 1 N–H and O–H groups in total. The Hall–Kier alpha value is -1.26.